The van der Waals surface area contributed by atoms with Crippen LogP contribution in [0.3, 0.4) is 0 Å². The first-order valence-corrected chi connectivity index (χ1v) is 2.24. The van der Waals surface area contributed by atoms with Gasteiger partial charge in [-0.1, -0.05) is 0 Å². The van der Waals surface area contributed by atoms with Crippen molar-refractivity contribution in [3.63, 3.8) is 0 Å². The van der Waals surface area contributed by atoms with E-state index >= 15 is 0 Å². The zero-order valence-corrected chi connectivity index (χ0v) is 11.2. The molecule has 0 bridgehead atoms. The molecule has 0 aliphatic heterocycles. The van der Waals surface area contributed by atoms with Gasteiger partial charge >= 0.3 is 59.1 Å². The quantitative estimate of drug-likeness (QED) is 0.443. The van der Waals surface area contributed by atoms with Crippen LogP contribution in [0.2, 0.25) is 0 Å². The van der Waals surface area contributed by atoms with E-state index in [0.717, 1.165) is 0 Å². The Hall–Kier alpha value is 0.820. The molecule has 0 aromatic rings. The molecule has 9 heteroatoms. The molecule has 0 saturated heterocycles. The average molecular weight is 212 g/mol. The van der Waals surface area contributed by atoms with Crippen LogP contribution in [0.25, 0.3) is 0 Å². The smallest absolute Gasteiger partial charge is 0.547 e. The normalized spacial score (nSPS) is 12.2. The third-order valence-corrected chi connectivity index (χ3v) is 0.782. The van der Waals surface area contributed by atoms with Crippen molar-refractivity contribution in [3.8, 4) is 0 Å². The topological polar surface area (TPSA) is 152 Å². The van der Waals surface area contributed by atoms with Gasteiger partial charge in [0, 0.05) is 0 Å². The van der Waals surface area contributed by atoms with Crippen molar-refractivity contribution in [1.82, 2.24) is 0 Å². The second-order valence-electron chi connectivity index (χ2n) is 1.53. The number of carboxylic acids is 2. The van der Waals surface area contributed by atoms with Gasteiger partial charge in [-0.05, 0) is 0 Å². The SMILES string of the molecule is O.O=C([O-])[C@H](O)[C@@H](O)C(=O)[O-].[Na+].[Na+]. The zero-order chi connectivity index (χ0) is 8.31. The first kappa shape index (κ1) is 23.6. The summed E-state index contributed by atoms with van der Waals surface area (Å²) in [5.41, 5.74) is 0. The molecule has 13 heavy (non-hydrogen) atoms. The van der Waals surface area contributed by atoms with Gasteiger partial charge in [-0.3, -0.25) is 0 Å². The predicted molar refractivity (Wildman–Crippen MR) is 25.6 cm³/mol. The van der Waals surface area contributed by atoms with Gasteiger partial charge in [0.25, 0.3) is 0 Å². The van der Waals surface area contributed by atoms with E-state index in [-0.39, 0.29) is 64.6 Å². The molecule has 7 nitrogen and oxygen atoms in total. The van der Waals surface area contributed by atoms with E-state index < -0.39 is 24.1 Å². The maximum Gasteiger partial charge on any atom is 1.00 e. The van der Waals surface area contributed by atoms with Crippen LogP contribution in [-0.4, -0.2) is 39.8 Å². The molecular weight excluding hydrogens is 206 g/mol. The Morgan fingerprint density at radius 2 is 1.08 bits per heavy atom. The molecule has 0 radical (unpaired) electrons. The summed E-state index contributed by atoms with van der Waals surface area (Å²) in [6.07, 6.45) is -4.88. The van der Waals surface area contributed by atoms with Crippen LogP contribution in [0.5, 0.6) is 0 Å². The number of hydrogen-bond donors (Lipinski definition) is 2. The molecule has 0 amide bonds. The molecular formula is C4H6Na2O7. The van der Waals surface area contributed by atoms with Crippen molar-refractivity contribution in [2.24, 2.45) is 0 Å². The van der Waals surface area contributed by atoms with Crippen molar-refractivity contribution in [1.29, 1.82) is 0 Å². The molecule has 0 fully saturated rings. The summed E-state index contributed by atoms with van der Waals surface area (Å²) >= 11 is 0. The molecule has 0 spiro atoms. The largest absolute Gasteiger partial charge is 1.00 e. The Balaban J connectivity index is -0.000000135. The van der Waals surface area contributed by atoms with Crippen LogP contribution in [0.4, 0.5) is 0 Å². The molecule has 2 atom stereocenters. The minimum atomic E-state index is -2.44. The third-order valence-electron chi connectivity index (χ3n) is 0.782. The Morgan fingerprint density at radius 3 is 1.15 bits per heavy atom. The molecule has 66 valence electrons. The van der Waals surface area contributed by atoms with Crippen LogP contribution in [0.1, 0.15) is 0 Å². The van der Waals surface area contributed by atoms with Gasteiger partial charge in [0.2, 0.25) is 0 Å². The maximum atomic E-state index is 9.63. The molecule has 4 N–H and O–H groups in total. The molecule has 0 aromatic carbocycles. The van der Waals surface area contributed by atoms with Crippen molar-refractivity contribution in [2.45, 2.75) is 12.2 Å². The van der Waals surface area contributed by atoms with Crippen molar-refractivity contribution < 1.29 is 94.6 Å². The summed E-state index contributed by atoms with van der Waals surface area (Å²) < 4.78 is 0. The monoisotopic (exact) mass is 212 g/mol. The minimum Gasteiger partial charge on any atom is -0.547 e. The number of aliphatic hydroxyl groups excluding tert-OH is 2. The summed E-state index contributed by atoms with van der Waals surface area (Å²) in [5, 5.41) is 35.7. The molecule has 0 unspecified atom stereocenters. The first-order chi connectivity index (χ1) is 4.46. The fourth-order valence-corrected chi connectivity index (χ4v) is 0.258. The van der Waals surface area contributed by atoms with Crippen LogP contribution in [-0.2, 0) is 9.59 Å². The van der Waals surface area contributed by atoms with Gasteiger partial charge in [-0.15, -0.1) is 0 Å². The molecule has 0 aromatic heterocycles. The van der Waals surface area contributed by atoms with Crippen LogP contribution >= 0.6 is 0 Å². The zero-order valence-electron chi connectivity index (χ0n) is 7.18. The molecule has 0 aliphatic rings. The van der Waals surface area contributed by atoms with Crippen LogP contribution < -0.4 is 69.3 Å². The van der Waals surface area contributed by atoms with E-state index in [1.165, 1.54) is 0 Å². The van der Waals surface area contributed by atoms with Gasteiger partial charge < -0.3 is 35.5 Å². The number of rotatable bonds is 3. The number of carbonyl (C=O) groups is 2. The Labute approximate surface area is 118 Å². The van der Waals surface area contributed by atoms with Gasteiger partial charge in [0.05, 0.1) is 11.9 Å². The van der Waals surface area contributed by atoms with Gasteiger partial charge in [0.1, 0.15) is 12.2 Å². The van der Waals surface area contributed by atoms with E-state index in [2.05, 4.69) is 0 Å². The fraction of sp³-hybridized carbons (Fsp3) is 0.500. The Bertz CT molecular complexity index is 143. The summed E-state index contributed by atoms with van der Waals surface area (Å²) in [4.78, 5) is 19.3. The van der Waals surface area contributed by atoms with Crippen LogP contribution in [0.15, 0.2) is 0 Å². The van der Waals surface area contributed by atoms with E-state index in [0.29, 0.717) is 0 Å². The van der Waals surface area contributed by atoms with E-state index in [1.54, 1.807) is 0 Å². The minimum absolute atomic E-state index is 0. The summed E-state index contributed by atoms with van der Waals surface area (Å²) in [6.45, 7) is 0. The Morgan fingerprint density at radius 1 is 0.923 bits per heavy atom. The van der Waals surface area contributed by atoms with E-state index in [1.807, 2.05) is 0 Å². The summed E-state index contributed by atoms with van der Waals surface area (Å²) in [5.74, 6) is -4.12. The number of carboxylic acid groups (broad SMARTS) is 2. The van der Waals surface area contributed by atoms with Gasteiger partial charge in [-0.25, -0.2) is 0 Å². The van der Waals surface area contributed by atoms with E-state index in [4.69, 9.17) is 10.2 Å². The molecule has 0 saturated carbocycles. The second-order valence-corrected chi connectivity index (χ2v) is 1.53. The number of carbonyl (C=O) groups excluding carboxylic acids is 2. The van der Waals surface area contributed by atoms with Gasteiger partial charge in [-0.2, -0.15) is 0 Å². The summed E-state index contributed by atoms with van der Waals surface area (Å²) in [7, 11) is 0. The average Bonchev–Trinajstić information content (AvgIpc) is 1.84. The van der Waals surface area contributed by atoms with Crippen molar-refractivity contribution in [2.75, 3.05) is 0 Å². The van der Waals surface area contributed by atoms with Crippen LogP contribution in [0, 0.1) is 0 Å². The summed E-state index contributed by atoms with van der Waals surface area (Å²) in [6, 6.07) is 0. The maximum absolute atomic E-state index is 9.63. The number of aliphatic hydroxyl groups is 2. The predicted octanol–water partition coefficient (Wildman–Crippen LogP) is -11.6. The molecule has 0 aliphatic carbocycles. The van der Waals surface area contributed by atoms with Crippen molar-refractivity contribution >= 4 is 11.9 Å². The number of aliphatic carboxylic acids is 2. The fourth-order valence-electron chi connectivity index (χ4n) is 0.258. The third kappa shape index (κ3) is 9.13. The second kappa shape index (κ2) is 10.9. The van der Waals surface area contributed by atoms with E-state index in [9.17, 15) is 19.8 Å². The standard InChI is InChI=1S/C4H6O6.2Na.H2O/c5-1(3(7)8)2(6)4(9)10;;;/h1-2,5-6H,(H,7,8)(H,9,10);;;1H2/q;2*+1;/p-2/t1-,2-;;;/m1.../s1. The molecule has 0 rings (SSSR count). The van der Waals surface area contributed by atoms with Crippen molar-refractivity contribution in [3.05, 3.63) is 0 Å². The number of hydrogen-bond acceptors (Lipinski definition) is 6. The molecule has 0 heterocycles. The Kier molecular flexibility index (Phi) is 19.7. The first-order valence-electron chi connectivity index (χ1n) is 2.24. The van der Waals surface area contributed by atoms with Gasteiger partial charge in [0.15, 0.2) is 0 Å².